The first-order valence-electron chi connectivity index (χ1n) is 6.43. The Bertz CT molecular complexity index is 898. The summed E-state index contributed by atoms with van der Waals surface area (Å²) in [4.78, 5) is 30.4. The molecule has 3 rings (SSSR count). The Kier molecular flexibility index (Phi) is 3.34. The molecule has 0 aromatic carbocycles. The van der Waals surface area contributed by atoms with Crippen LogP contribution in [0.15, 0.2) is 33.7 Å². The van der Waals surface area contributed by atoms with E-state index in [9.17, 15) is 9.59 Å². The van der Waals surface area contributed by atoms with Crippen molar-refractivity contribution in [2.24, 2.45) is 0 Å². The number of pyridine rings is 1. The minimum atomic E-state index is -0.406. The normalized spacial score (nSPS) is 10.6. The van der Waals surface area contributed by atoms with E-state index in [0.717, 1.165) is 0 Å². The number of H-pyrrole nitrogens is 1. The summed E-state index contributed by atoms with van der Waals surface area (Å²) in [6.45, 7) is 3.07. The minimum Gasteiger partial charge on any atom is -0.333 e. The van der Waals surface area contributed by atoms with E-state index in [2.05, 4.69) is 25.3 Å². The molecule has 0 unspecified atom stereocenters. The van der Waals surface area contributed by atoms with Gasteiger partial charge >= 0.3 is 0 Å². The van der Waals surface area contributed by atoms with Crippen molar-refractivity contribution < 1.29 is 9.32 Å². The number of carbonyl (C=O) groups is 1. The fraction of sp³-hybridized carbons (Fsp3) is 0.143. The van der Waals surface area contributed by atoms with E-state index in [1.165, 1.54) is 19.2 Å². The number of ketones is 1. The highest BCUT2D eigenvalue weighted by atomic mass is 16.5. The molecule has 8 heteroatoms. The predicted molar refractivity (Wildman–Crippen MR) is 76.1 cm³/mol. The van der Waals surface area contributed by atoms with Crippen molar-refractivity contribution in [3.05, 3.63) is 46.0 Å². The molecule has 0 aliphatic rings. The standard InChI is InChI=1S/C14H11N5O3/c1-7-9(8(2)20)6-10(13(21)16-7)14-17-12(19-22-14)11-4-3-5-15-18-11/h3-6H,1-2H3,(H,16,21). The zero-order valence-corrected chi connectivity index (χ0v) is 11.8. The second kappa shape index (κ2) is 5.32. The molecule has 3 heterocycles. The van der Waals surface area contributed by atoms with Gasteiger partial charge in [0, 0.05) is 17.5 Å². The van der Waals surface area contributed by atoms with Crippen molar-refractivity contribution in [2.45, 2.75) is 13.8 Å². The quantitative estimate of drug-likeness (QED) is 0.726. The minimum absolute atomic E-state index is 0.0180. The van der Waals surface area contributed by atoms with Crippen molar-refractivity contribution in [2.75, 3.05) is 0 Å². The van der Waals surface area contributed by atoms with Crippen LogP contribution >= 0.6 is 0 Å². The van der Waals surface area contributed by atoms with Crippen LogP contribution in [0.4, 0.5) is 0 Å². The molecule has 0 aliphatic carbocycles. The second-order valence-electron chi connectivity index (χ2n) is 4.64. The summed E-state index contributed by atoms with van der Waals surface area (Å²) in [7, 11) is 0. The number of aromatic nitrogens is 5. The Morgan fingerprint density at radius 2 is 2.18 bits per heavy atom. The SMILES string of the molecule is CC(=O)c1cc(-c2nc(-c3cccnn3)no2)c(=O)[nH]c1C. The Labute approximate surface area is 124 Å². The molecule has 3 aromatic heterocycles. The van der Waals surface area contributed by atoms with Gasteiger partial charge in [-0.2, -0.15) is 10.1 Å². The van der Waals surface area contributed by atoms with Crippen LogP contribution in [0.3, 0.4) is 0 Å². The molecule has 0 aliphatic heterocycles. The van der Waals surface area contributed by atoms with Gasteiger partial charge in [0.1, 0.15) is 11.3 Å². The van der Waals surface area contributed by atoms with Crippen molar-refractivity contribution in [1.29, 1.82) is 0 Å². The van der Waals surface area contributed by atoms with Gasteiger partial charge in [0.25, 0.3) is 11.4 Å². The molecule has 0 saturated heterocycles. The maximum Gasteiger partial charge on any atom is 0.263 e. The van der Waals surface area contributed by atoms with Crippen LogP contribution in [0.1, 0.15) is 23.0 Å². The number of nitrogens with zero attached hydrogens (tertiary/aromatic N) is 4. The first-order chi connectivity index (χ1) is 10.6. The molecule has 0 fully saturated rings. The molecule has 0 atom stereocenters. The number of carbonyl (C=O) groups excluding carboxylic acids is 1. The molecule has 22 heavy (non-hydrogen) atoms. The number of nitrogens with one attached hydrogen (secondary N) is 1. The van der Waals surface area contributed by atoms with Crippen molar-refractivity contribution in [3.63, 3.8) is 0 Å². The first-order valence-corrected chi connectivity index (χ1v) is 6.43. The highest BCUT2D eigenvalue weighted by Gasteiger charge is 2.17. The van der Waals surface area contributed by atoms with E-state index in [1.54, 1.807) is 19.1 Å². The number of hydrogen-bond donors (Lipinski definition) is 1. The third-order valence-corrected chi connectivity index (χ3v) is 3.08. The highest BCUT2D eigenvalue weighted by molar-refractivity contribution is 5.96. The average Bonchev–Trinajstić information content (AvgIpc) is 2.97. The predicted octanol–water partition coefficient (Wildman–Crippen LogP) is 1.39. The van der Waals surface area contributed by atoms with Crippen molar-refractivity contribution >= 4 is 5.78 Å². The third-order valence-electron chi connectivity index (χ3n) is 3.08. The molecule has 0 bridgehead atoms. The molecule has 0 spiro atoms. The van der Waals surface area contributed by atoms with Gasteiger partial charge in [0.15, 0.2) is 5.78 Å². The molecule has 3 aromatic rings. The molecule has 0 radical (unpaired) electrons. The van der Waals surface area contributed by atoms with Crippen LogP contribution in [-0.2, 0) is 0 Å². The number of Topliss-reactive ketones (excluding diaryl/α,β-unsaturated/α-hetero) is 1. The molecule has 0 amide bonds. The molecule has 110 valence electrons. The van der Waals surface area contributed by atoms with Gasteiger partial charge in [0.2, 0.25) is 5.82 Å². The van der Waals surface area contributed by atoms with Crippen LogP contribution in [0.5, 0.6) is 0 Å². The molecular weight excluding hydrogens is 286 g/mol. The van der Waals surface area contributed by atoms with E-state index < -0.39 is 5.56 Å². The Morgan fingerprint density at radius 1 is 1.36 bits per heavy atom. The maximum absolute atomic E-state index is 12.0. The second-order valence-corrected chi connectivity index (χ2v) is 4.64. The van der Waals surface area contributed by atoms with E-state index in [-0.39, 0.29) is 23.1 Å². The van der Waals surface area contributed by atoms with Crippen LogP contribution in [0, 0.1) is 6.92 Å². The lowest BCUT2D eigenvalue weighted by Gasteiger charge is -2.02. The summed E-state index contributed by atoms with van der Waals surface area (Å²) in [6.07, 6.45) is 1.52. The molecular formula is C14H11N5O3. The monoisotopic (exact) mass is 297 g/mol. The summed E-state index contributed by atoms with van der Waals surface area (Å²) in [5.41, 5.74) is 1.05. The molecule has 1 N–H and O–H groups in total. The van der Waals surface area contributed by atoms with E-state index in [1.807, 2.05) is 0 Å². The van der Waals surface area contributed by atoms with E-state index in [4.69, 9.17) is 4.52 Å². The van der Waals surface area contributed by atoms with Crippen LogP contribution < -0.4 is 5.56 Å². The summed E-state index contributed by atoms with van der Waals surface area (Å²) in [6, 6.07) is 4.80. The van der Waals surface area contributed by atoms with E-state index in [0.29, 0.717) is 17.0 Å². The number of aromatic amines is 1. The topological polar surface area (TPSA) is 115 Å². The van der Waals surface area contributed by atoms with Crippen LogP contribution in [0.25, 0.3) is 23.0 Å². The average molecular weight is 297 g/mol. The first kappa shape index (κ1) is 13.8. The zero-order valence-electron chi connectivity index (χ0n) is 11.8. The maximum atomic E-state index is 12.0. The van der Waals surface area contributed by atoms with Gasteiger partial charge < -0.3 is 9.51 Å². The van der Waals surface area contributed by atoms with Gasteiger partial charge in [-0.05, 0) is 32.0 Å². The smallest absolute Gasteiger partial charge is 0.263 e. The summed E-state index contributed by atoms with van der Waals surface area (Å²) in [5.74, 6) is 0.0699. The van der Waals surface area contributed by atoms with Gasteiger partial charge in [-0.15, -0.1) is 5.10 Å². The number of aryl methyl sites for hydroxylation is 1. The third kappa shape index (κ3) is 2.41. The number of rotatable bonds is 3. The Morgan fingerprint density at radius 3 is 2.86 bits per heavy atom. The lowest BCUT2D eigenvalue weighted by Crippen LogP contribution is -2.14. The van der Waals surface area contributed by atoms with Crippen molar-refractivity contribution in [3.8, 4) is 23.0 Å². The summed E-state index contributed by atoms with van der Waals surface area (Å²) in [5, 5.41) is 11.4. The Hall–Kier alpha value is -3.16. The Balaban J connectivity index is 2.09. The van der Waals surface area contributed by atoms with Crippen LogP contribution in [0.2, 0.25) is 0 Å². The molecule has 0 saturated carbocycles. The van der Waals surface area contributed by atoms with Gasteiger partial charge in [-0.25, -0.2) is 0 Å². The van der Waals surface area contributed by atoms with Gasteiger partial charge in [-0.1, -0.05) is 5.16 Å². The number of hydrogen-bond acceptors (Lipinski definition) is 7. The van der Waals surface area contributed by atoms with Gasteiger partial charge in [-0.3, -0.25) is 9.59 Å². The summed E-state index contributed by atoms with van der Waals surface area (Å²) >= 11 is 0. The highest BCUT2D eigenvalue weighted by Crippen LogP contribution is 2.19. The van der Waals surface area contributed by atoms with E-state index >= 15 is 0 Å². The van der Waals surface area contributed by atoms with Gasteiger partial charge in [0.05, 0.1) is 0 Å². The fourth-order valence-corrected chi connectivity index (χ4v) is 2.01. The van der Waals surface area contributed by atoms with Crippen LogP contribution in [-0.4, -0.2) is 31.1 Å². The molecule has 8 nitrogen and oxygen atoms in total. The zero-order chi connectivity index (χ0) is 15.7. The fourth-order valence-electron chi connectivity index (χ4n) is 2.01. The lowest BCUT2D eigenvalue weighted by molar-refractivity contribution is 0.101. The summed E-state index contributed by atoms with van der Waals surface area (Å²) < 4.78 is 5.10. The van der Waals surface area contributed by atoms with Crippen molar-refractivity contribution in [1.82, 2.24) is 25.3 Å². The largest absolute Gasteiger partial charge is 0.333 e. The lowest BCUT2D eigenvalue weighted by atomic mass is 10.1.